The molecule has 0 aliphatic heterocycles. The Balaban J connectivity index is 1.99. The molecule has 0 amide bonds. The van der Waals surface area contributed by atoms with Crippen LogP contribution in [0.1, 0.15) is 11.3 Å². The zero-order valence-electron chi connectivity index (χ0n) is 10.6. The van der Waals surface area contributed by atoms with Crippen molar-refractivity contribution in [3.63, 3.8) is 0 Å². The molecule has 0 aliphatic rings. The second-order valence-electron chi connectivity index (χ2n) is 4.48. The topological polar surface area (TPSA) is 28.4 Å². The lowest BCUT2D eigenvalue weighted by Gasteiger charge is -2.11. The second kappa shape index (κ2) is 6.07. The highest BCUT2D eigenvalue weighted by Crippen LogP contribution is 2.19. The van der Waals surface area contributed by atoms with Crippen LogP contribution in [-0.2, 0) is 13.1 Å². The number of nitrogens with zero attached hydrogens (tertiary/aromatic N) is 1. The van der Waals surface area contributed by atoms with Crippen molar-refractivity contribution in [2.24, 2.45) is 0 Å². The fourth-order valence-corrected chi connectivity index (χ4v) is 2.12. The van der Waals surface area contributed by atoms with Crippen LogP contribution in [0, 0.1) is 0 Å². The Kier molecular flexibility index (Phi) is 4.44. The highest BCUT2D eigenvalue weighted by molar-refractivity contribution is 9.10. The average Bonchev–Trinajstić information content (AvgIpc) is 2.72. The Hall–Kier alpha value is -1.26. The average molecular weight is 309 g/mol. The first-order chi connectivity index (χ1) is 8.65. The number of furan rings is 1. The number of hydrogen-bond acceptors (Lipinski definition) is 3. The molecule has 1 aromatic heterocycles. The third-order valence-electron chi connectivity index (χ3n) is 2.57. The summed E-state index contributed by atoms with van der Waals surface area (Å²) in [6.07, 6.45) is 1.68. The first kappa shape index (κ1) is 13.2. The van der Waals surface area contributed by atoms with E-state index in [0.717, 1.165) is 22.5 Å². The smallest absolute Gasteiger partial charge is 0.136 e. The van der Waals surface area contributed by atoms with Crippen LogP contribution < -0.4 is 5.32 Å². The van der Waals surface area contributed by atoms with Crippen LogP contribution in [0.4, 0.5) is 5.69 Å². The van der Waals surface area contributed by atoms with Crippen molar-refractivity contribution < 1.29 is 4.42 Å². The Morgan fingerprint density at radius 1 is 1.28 bits per heavy atom. The van der Waals surface area contributed by atoms with Crippen molar-refractivity contribution in [1.82, 2.24) is 4.90 Å². The van der Waals surface area contributed by atoms with Crippen LogP contribution >= 0.6 is 15.9 Å². The highest BCUT2D eigenvalue weighted by Gasteiger charge is 2.03. The van der Waals surface area contributed by atoms with E-state index in [1.807, 2.05) is 6.07 Å². The summed E-state index contributed by atoms with van der Waals surface area (Å²) in [6, 6.07) is 10.3. The molecule has 1 heterocycles. The Bertz CT molecular complexity index is 508. The van der Waals surface area contributed by atoms with Crippen molar-refractivity contribution in [3.05, 3.63) is 52.4 Å². The molecule has 0 spiro atoms. The molecule has 0 bridgehead atoms. The predicted octanol–water partition coefficient (Wildman–Crippen LogP) is 3.72. The lowest BCUT2D eigenvalue weighted by Crippen LogP contribution is -2.10. The predicted molar refractivity (Wildman–Crippen MR) is 77.6 cm³/mol. The summed E-state index contributed by atoms with van der Waals surface area (Å²) in [5.74, 6) is 0.910. The molecule has 4 heteroatoms. The van der Waals surface area contributed by atoms with Crippen molar-refractivity contribution in [3.8, 4) is 0 Å². The van der Waals surface area contributed by atoms with Gasteiger partial charge in [0.1, 0.15) is 5.76 Å². The van der Waals surface area contributed by atoms with E-state index >= 15 is 0 Å². The minimum atomic E-state index is 0.680. The van der Waals surface area contributed by atoms with Crippen LogP contribution in [-0.4, -0.2) is 19.0 Å². The highest BCUT2D eigenvalue weighted by atomic mass is 79.9. The largest absolute Gasteiger partial charge is 0.466 e. The van der Waals surface area contributed by atoms with Gasteiger partial charge in [-0.25, -0.2) is 0 Å². The van der Waals surface area contributed by atoms with Gasteiger partial charge in [-0.1, -0.05) is 12.1 Å². The molecular weight excluding hydrogens is 292 g/mol. The summed E-state index contributed by atoms with van der Waals surface area (Å²) in [4.78, 5) is 2.15. The molecule has 0 saturated heterocycles. The summed E-state index contributed by atoms with van der Waals surface area (Å²) in [6.45, 7) is 1.62. The molecule has 96 valence electrons. The molecule has 2 rings (SSSR count). The molecule has 2 aromatic rings. The van der Waals surface area contributed by atoms with Crippen molar-refractivity contribution in [2.45, 2.75) is 13.1 Å². The van der Waals surface area contributed by atoms with Gasteiger partial charge in [0.05, 0.1) is 17.3 Å². The molecule has 1 aromatic carbocycles. The fourth-order valence-electron chi connectivity index (χ4n) is 1.78. The van der Waals surface area contributed by atoms with Crippen molar-refractivity contribution in [1.29, 1.82) is 0 Å². The molecule has 0 atom stereocenters. The summed E-state index contributed by atoms with van der Waals surface area (Å²) < 4.78 is 6.36. The Morgan fingerprint density at radius 3 is 2.78 bits per heavy atom. The maximum atomic E-state index is 5.36. The van der Waals surface area contributed by atoms with E-state index in [2.05, 4.69) is 64.5 Å². The van der Waals surface area contributed by atoms with Gasteiger partial charge in [0.15, 0.2) is 0 Å². The molecule has 0 saturated carbocycles. The van der Waals surface area contributed by atoms with Gasteiger partial charge >= 0.3 is 0 Å². The summed E-state index contributed by atoms with van der Waals surface area (Å²) in [7, 11) is 4.14. The number of rotatable bonds is 5. The van der Waals surface area contributed by atoms with Gasteiger partial charge in [0.25, 0.3) is 0 Å². The minimum absolute atomic E-state index is 0.680. The van der Waals surface area contributed by atoms with Crippen LogP contribution in [0.25, 0.3) is 0 Å². The van der Waals surface area contributed by atoms with E-state index in [9.17, 15) is 0 Å². The SMILES string of the molecule is CN(C)Cc1cccc(NCc2occc2Br)c1. The number of hydrogen-bond donors (Lipinski definition) is 1. The van der Waals surface area contributed by atoms with Gasteiger partial charge in [0, 0.05) is 12.2 Å². The molecule has 1 N–H and O–H groups in total. The quantitative estimate of drug-likeness (QED) is 0.912. The maximum absolute atomic E-state index is 5.36. The molecule has 0 unspecified atom stereocenters. The van der Waals surface area contributed by atoms with Crippen molar-refractivity contribution in [2.75, 3.05) is 19.4 Å². The number of nitrogens with one attached hydrogen (secondary N) is 1. The van der Waals surface area contributed by atoms with Crippen LogP contribution in [0.5, 0.6) is 0 Å². The van der Waals surface area contributed by atoms with Gasteiger partial charge in [-0.2, -0.15) is 0 Å². The first-order valence-corrected chi connectivity index (χ1v) is 6.64. The van der Waals surface area contributed by atoms with E-state index in [-0.39, 0.29) is 0 Å². The third-order valence-corrected chi connectivity index (χ3v) is 3.28. The zero-order valence-corrected chi connectivity index (χ0v) is 12.2. The van der Waals surface area contributed by atoms with Gasteiger partial charge in [-0.05, 0) is 53.8 Å². The van der Waals surface area contributed by atoms with Crippen LogP contribution in [0.2, 0.25) is 0 Å². The lowest BCUT2D eigenvalue weighted by molar-refractivity contribution is 0.402. The van der Waals surface area contributed by atoms with Gasteiger partial charge in [0.2, 0.25) is 0 Å². The normalized spacial score (nSPS) is 10.9. The van der Waals surface area contributed by atoms with Crippen LogP contribution in [0.15, 0.2) is 45.5 Å². The van der Waals surface area contributed by atoms with E-state index in [1.54, 1.807) is 6.26 Å². The summed E-state index contributed by atoms with van der Waals surface area (Å²) in [5.41, 5.74) is 2.40. The number of anilines is 1. The number of halogens is 1. The van der Waals surface area contributed by atoms with Gasteiger partial charge in [-0.3, -0.25) is 0 Å². The van der Waals surface area contributed by atoms with E-state index in [0.29, 0.717) is 6.54 Å². The fraction of sp³-hybridized carbons (Fsp3) is 0.286. The first-order valence-electron chi connectivity index (χ1n) is 5.84. The minimum Gasteiger partial charge on any atom is -0.466 e. The van der Waals surface area contributed by atoms with Gasteiger partial charge < -0.3 is 14.6 Å². The summed E-state index contributed by atoms with van der Waals surface area (Å²) in [5, 5.41) is 3.36. The molecule has 0 fully saturated rings. The molecule has 0 radical (unpaired) electrons. The number of benzene rings is 1. The third kappa shape index (κ3) is 3.62. The standard InChI is InChI=1S/C14H17BrN2O/c1-17(2)10-11-4-3-5-12(8-11)16-9-14-13(15)6-7-18-14/h3-8,16H,9-10H2,1-2H3. The Morgan fingerprint density at radius 2 is 2.11 bits per heavy atom. The van der Waals surface area contributed by atoms with Crippen LogP contribution in [0.3, 0.4) is 0 Å². The van der Waals surface area contributed by atoms with E-state index in [4.69, 9.17) is 4.42 Å². The van der Waals surface area contributed by atoms with Crippen molar-refractivity contribution >= 4 is 21.6 Å². The molecule has 18 heavy (non-hydrogen) atoms. The lowest BCUT2D eigenvalue weighted by atomic mass is 10.2. The molecular formula is C14H17BrN2O. The molecule has 0 aliphatic carbocycles. The second-order valence-corrected chi connectivity index (χ2v) is 5.34. The van der Waals surface area contributed by atoms with E-state index < -0.39 is 0 Å². The van der Waals surface area contributed by atoms with E-state index in [1.165, 1.54) is 5.56 Å². The monoisotopic (exact) mass is 308 g/mol. The Labute approximate surface area is 116 Å². The maximum Gasteiger partial charge on any atom is 0.136 e. The summed E-state index contributed by atoms with van der Waals surface area (Å²) >= 11 is 3.45. The van der Waals surface area contributed by atoms with Gasteiger partial charge in [-0.15, -0.1) is 0 Å². The zero-order chi connectivity index (χ0) is 13.0. The molecule has 3 nitrogen and oxygen atoms in total.